The topological polar surface area (TPSA) is 54.0 Å². The quantitative estimate of drug-likeness (QED) is 0.644. The average molecular weight is 452 g/mol. The third-order valence-corrected chi connectivity index (χ3v) is 6.45. The van der Waals surface area contributed by atoms with Gasteiger partial charge in [0.25, 0.3) is 0 Å². The number of nitrogens with one attached hydrogen (secondary N) is 1. The summed E-state index contributed by atoms with van der Waals surface area (Å²) >= 11 is 0. The summed E-state index contributed by atoms with van der Waals surface area (Å²) in [6, 6.07) is 14.6. The van der Waals surface area contributed by atoms with Crippen LogP contribution in [0.2, 0.25) is 0 Å². The van der Waals surface area contributed by atoms with Crippen LogP contribution in [0.15, 0.2) is 42.5 Å². The van der Waals surface area contributed by atoms with Crippen molar-refractivity contribution < 1.29 is 14.3 Å². The summed E-state index contributed by atoms with van der Waals surface area (Å²) in [7, 11) is 2.15. The number of fused-ring (bicyclic) bond motifs is 1. The molecule has 0 spiro atoms. The van der Waals surface area contributed by atoms with Crippen LogP contribution in [-0.4, -0.2) is 55.2 Å². The second kappa shape index (κ2) is 10.9. The van der Waals surface area contributed by atoms with Crippen molar-refractivity contribution in [3.8, 4) is 11.5 Å². The third-order valence-electron chi connectivity index (χ3n) is 6.45. The van der Waals surface area contributed by atoms with Gasteiger partial charge < -0.3 is 24.6 Å². The number of benzene rings is 2. The molecule has 4 rings (SSSR count). The maximum Gasteiger partial charge on any atom is 0.318 e. The minimum atomic E-state index is 0.00133. The van der Waals surface area contributed by atoms with E-state index in [-0.39, 0.29) is 12.1 Å². The molecule has 0 bridgehead atoms. The van der Waals surface area contributed by atoms with Crippen LogP contribution in [0.4, 0.5) is 4.79 Å². The Bertz CT molecular complexity index is 921. The first-order valence-electron chi connectivity index (χ1n) is 12.2. The molecule has 0 aliphatic carbocycles. The Morgan fingerprint density at radius 3 is 2.61 bits per heavy atom. The first-order valence-corrected chi connectivity index (χ1v) is 12.2. The van der Waals surface area contributed by atoms with E-state index in [0.29, 0.717) is 25.6 Å². The highest BCUT2D eigenvalue weighted by Gasteiger charge is 2.27. The number of hydrogen-bond acceptors (Lipinski definition) is 4. The van der Waals surface area contributed by atoms with Crippen molar-refractivity contribution in [3.63, 3.8) is 0 Å². The number of ether oxygens (including phenoxy) is 2. The molecule has 2 aliphatic heterocycles. The lowest BCUT2D eigenvalue weighted by Gasteiger charge is -2.37. The zero-order valence-corrected chi connectivity index (χ0v) is 20.2. The molecule has 6 nitrogen and oxygen atoms in total. The SMILES string of the molecule is CC(C)COc1ccc(CNC(=O)N(Cc2ccc3c(c2)CCO3)C2CCN(C)CC2)cc1. The van der Waals surface area contributed by atoms with Crippen LogP contribution in [0.25, 0.3) is 0 Å². The van der Waals surface area contributed by atoms with Gasteiger partial charge in [0.15, 0.2) is 0 Å². The van der Waals surface area contributed by atoms with Crippen LogP contribution in [-0.2, 0) is 19.5 Å². The summed E-state index contributed by atoms with van der Waals surface area (Å²) in [6.45, 7) is 8.89. The molecule has 0 atom stereocenters. The van der Waals surface area contributed by atoms with Crippen LogP contribution in [0.3, 0.4) is 0 Å². The van der Waals surface area contributed by atoms with Crippen LogP contribution in [0.5, 0.6) is 11.5 Å². The summed E-state index contributed by atoms with van der Waals surface area (Å²) < 4.78 is 11.4. The highest BCUT2D eigenvalue weighted by molar-refractivity contribution is 5.74. The second-order valence-electron chi connectivity index (χ2n) is 9.71. The highest BCUT2D eigenvalue weighted by atomic mass is 16.5. The Labute approximate surface area is 197 Å². The van der Waals surface area contributed by atoms with Crippen molar-refractivity contribution in [2.24, 2.45) is 5.92 Å². The summed E-state index contributed by atoms with van der Waals surface area (Å²) in [5, 5.41) is 3.16. The lowest BCUT2D eigenvalue weighted by Crippen LogP contribution is -2.49. The summed E-state index contributed by atoms with van der Waals surface area (Å²) in [5.41, 5.74) is 3.48. The number of rotatable bonds is 8. The second-order valence-corrected chi connectivity index (χ2v) is 9.71. The number of hydrogen-bond donors (Lipinski definition) is 1. The smallest absolute Gasteiger partial charge is 0.318 e. The van der Waals surface area contributed by atoms with E-state index in [1.165, 1.54) is 11.1 Å². The Balaban J connectivity index is 1.39. The molecular weight excluding hydrogens is 414 g/mol. The predicted octanol–water partition coefficient (Wildman–Crippen LogP) is 4.46. The van der Waals surface area contributed by atoms with Crippen molar-refractivity contribution >= 4 is 6.03 Å². The number of likely N-dealkylation sites (tertiary alicyclic amines) is 1. The van der Waals surface area contributed by atoms with Crippen LogP contribution in [0.1, 0.15) is 43.4 Å². The van der Waals surface area contributed by atoms with E-state index in [1.54, 1.807) is 0 Å². The van der Waals surface area contributed by atoms with Gasteiger partial charge in [0.1, 0.15) is 11.5 Å². The molecule has 2 aromatic carbocycles. The molecule has 2 amide bonds. The maximum atomic E-state index is 13.3. The Morgan fingerprint density at radius 2 is 1.88 bits per heavy atom. The Hall–Kier alpha value is -2.73. The molecule has 178 valence electrons. The fourth-order valence-electron chi connectivity index (χ4n) is 4.45. The molecule has 1 saturated heterocycles. The fourth-order valence-corrected chi connectivity index (χ4v) is 4.45. The maximum absolute atomic E-state index is 13.3. The number of nitrogens with zero attached hydrogens (tertiary/aromatic N) is 2. The first kappa shape index (κ1) is 23.4. The predicted molar refractivity (Wildman–Crippen MR) is 131 cm³/mol. The summed E-state index contributed by atoms with van der Waals surface area (Å²) in [6.07, 6.45) is 2.94. The van der Waals surface area contributed by atoms with Crippen LogP contribution >= 0.6 is 0 Å². The van der Waals surface area contributed by atoms with Gasteiger partial charge in [-0.05, 0) is 73.8 Å². The first-order chi connectivity index (χ1) is 16.0. The van der Waals surface area contributed by atoms with Gasteiger partial charge in [-0.25, -0.2) is 4.79 Å². The van der Waals surface area contributed by atoms with E-state index in [2.05, 4.69) is 43.2 Å². The lowest BCUT2D eigenvalue weighted by molar-refractivity contribution is 0.127. The van der Waals surface area contributed by atoms with Crippen molar-refractivity contribution in [2.75, 3.05) is 33.4 Å². The largest absolute Gasteiger partial charge is 0.493 e. The molecule has 2 heterocycles. The van der Waals surface area contributed by atoms with Gasteiger partial charge in [0, 0.05) is 25.6 Å². The van der Waals surface area contributed by atoms with Crippen LogP contribution < -0.4 is 14.8 Å². The molecular formula is C27H37N3O3. The number of urea groups is 1. The summed E-state index contributed by atoms with van der Waals surface area (Å²) in [4.78, 5) is 17.7. The molecule has 0 aromatic heterocycles. The van der Waals surface area contributed by atoms with E-state index >= 15 is 0 Å². The molecule has 0 unspecified atom stereocenters. The molecule has 2 aliphatic rings. The molecule has 2 aromatic rings. The van der Waals surface area contributed by atoms with Crippen molar-refractivity contribution in [3.05, 3.63) is 59.2 Å². The Morgan fingerprint density at radius 1 is 1.15 bits per heavy atom. The molecule has 0 radical (unpaired) electrons. The zero-order chi connectivity index (χ0) is 23.2. The van der Waals surface area contributed by atoms with Gasteiger partial charge in [-0.15, -0.1) is 0 Å². The number of piperidine rings is 1. The Kier molecular flexibility index (Phi) is 7.76. The summed E-state index contributed by atoms with van der Waals surface area (Å²) in [5.74, 6) is 2.34. The zero-order valence-electron chi connectivity index (χ0n) is 20.2. The van der Waals surface area contributed by atoms with Gasteiger partial charge in [-0.1, -0.05) is 38.1 Å². The van der Waals surface area contributed by atoms with Crippen molar-refractivity contribution in [2.45, 2.75) is 52.2 Å². The van der Waals surface area contributed by atoms with E-state index in [9.17, 15) is 4.79 Å². The van der Waals surface area contributed by atoms with E-state index in [4.69, 9.17) is 9.47 Å². The average Bonchev–Trinajstić information content (AvgIpc) is 3.29. The fraction of sp³-hybridized carbons (Fsp3) is 0.519. The minimum absolute atomic E-state index is 0.00133. The minimum Gasteiger partial charge on any atom is -0.493 e. The lowest BCUT2D eigenvalue weighted by atomic mass is 10.0. The molecule has 0 saturated carbocycles. The molecule has 1 fully saturated rings. The van der Waals surface area contributed by atoms with Gasteiger partial charge in [0.05, 0.1) is 13.2 Å². The van der Waals surface area contributed by atoms with Crippen molar-refractivity contribution in [1.82, 2.24) is 15.1 Å². The normalized spacial score (nSPS) is 16.4. The molecule has 1 N–H and O–H groups in total. The van der Waals surface area contributed by atoms with E-state index in [0.717, 1.165) is 56.0 Å². The highest BCUT2D eigenvalue weighted by Crippen LogP contribution is 2.27. The monoisotopic (exact) mass is 451 g/mol. The number of carbonyl (C=O) groups excluding carboxylic acids is 1. The van der Waals surface area contributed by atoms with Gasteiger partial charge in [-0.2, -0.15) is 0 Å². The van der Waals surface area contributed by atoms with E-state index in [1.807, 2.05) is 35.2 Å². The van der Waals surface area contributed by atoms with Gasteiger partial charge in [0.2, 0.25) is 0 Å². The standard InChI is InChI=1S/C27H37N3O3/c1-20(2)19-33-25-7-4-21(5-8-25)17-28-27(31)30(24-10-13-29(3)14-11-24)18-22-6-9-26-23(16-22)12-15-32-26/h4-9,16,20,24H,10-15,17-19H2,1-3H3,(H,28,31). The number of amides is 2. The van der Waals surface area contributed by atoms with Crippen molar-refractivity contribution in [1.29, 1.82) is 0 Å². The molecule has 6 heteroatoms. The molecule has 33 heavy (non-hydrogen) atoms. The van der Waals surface area contributed by atoms with Gasteiger partial charge in [-0.3, -0.25) is 0 Å². The van der Waals surface area contributed by atoms with Crippen LogP contribution in [0, 0.1) is 5.92 Å². The van der Waals surface area contributed by atoms with E-state index < -0.39 is 0 Å². The van der Waals surface area contributed by atoms with Gasteiger partial charge >= 0.3 is 6.03 Å². The third kappa shape index (κ3) is 6.41. The number of carbonyl (C=O) groups is 1.